The van der Waals surface area contributed by atoms with Gasteiger partial charge >= 0.3 is 0 Å². The number of hydrogen-bond acceptors (Lipinski definition) is 3. The Kier molecular flexibility index (Phi) is 5.01. The molecule has 3 nitrogen and oxygen atoms in total. The zero-order chi connectivity index (χ0) is 23.0. The van der Waals surface area contributed by atoms with E-state index >= 15 is 0 Å². The van der Waals surface area contributed by atoms with Crippen LogP contribution in [0.2, 0.25) is 0 Å². The Morgan fingerprint density at radius 2 is 1.79 bits per heavy atom. The second-order valence-corrected chi connectivity index (χ2v) is 12.5. The van der Waals surface area contributed by atoms with Gasteiger partial charge in [0.2, 0.25) is 0 Å². The average Bonchev–Trinajstić information content (AvgIpc) is 3.31. The fourth-order valence-electron chi connectivity index (χ4n) is 9.76. The number of allylic oxidation sites excluding steroid dienone is 1. The highest BCUT2D eigenvalue weighted by Crippen LogP contribution is 2.68. The molecule has 0 N–H and O–H groups in total. The third-order valence-corrected chi connectivity index (χ3v) is 11.6. The van der Waals surface area contributed by atoms with Crippen molar-refractivity contribution in [2.75, 3.05) is 25.5 Å². The minimum absolute atomic E-state index is 0.417. The lowest BCUT2D eigenvalue weighted by molar-refractivity contribution is -0.0398. The summed E-state index contributed by atoms with van der Waals surface area (Å²) in [6.07, 6.45) is 13.8. The minimum atomic E-state index is 0.417. The molecule has 176 valence electrons. The molecule has 1 aromatic rings. The summed E-state index contributed by atoms with van der Waals surface area (Å²) in [5.41, 5.74) is 4.80. The third-order valence-electron chi connectivity index (χ3n) is 11.6. The predicted octanol–water partition coefficient (Wildman–Crippen LogP) is 6.26. The van der Waals surface area contributed by atoms with Gasteiger partial charge in [-0.25, -0.2) is 0 Å². The summed E-state index contributed by atoms with van der Waals surface area (Å²) in [4.78, 5) is 5.16. The molecule has 1 unspecified atom stereocenters. The standard InChI is InChI=1S/C30H41N3/c1-20-26-11-12-28-25-10-7-22-17-24(33(4)23-8-5-21(18-31)6-9-23)13-15-29(22,2)27(25)14-16-30(26,28)19-32(20)3/h5-9,20,24-28H,10-17,19H2,1-4H3/t20-,24-,25+,26+,27-,28?,29-,30-/m0/s1. The molecule has 1 aromatic carbocycles. The first-order chi connectivity index (χ1) is 15.9. The lowest BCUT2D eigenvalue weighted by atomic mass is 9.47. The van der Waals surface area contributed by atoms with E-state index in [1.54, 1.807) is 5.57 Å². The van der Waals surface area contributed by atoms with Crippen LogP contribution >= 0.6 is 0 Å². The topological polar surface area (TPSA) is 30.3 Å². The summed E-state index contributed by atoms with van der Waals surface area (Å²) < 4.78 is 0. The Labute approximate surface area is 200 Å². The summed E-state index contributed by atoms with van der Waals surface area (Å²) in [5.74, 6) is 3.73. The number of fused-ring (bicyclic) bond motifs is 4. The average molecular weight is 444 g/mol. The van der Waals surface area contributed by atoms with Gasteiger partial charge in [0.05, 0.1) is 11.6 Å². The quantitative estimate of drug-likeness (QED) is 0.506. The Balaban J connectivity index is 1.23. The van der Waals surface area contributed by atoms with Crippen molar-refractivity contribution in [1.29, 1.82) is 5.26 Å². The molecule has 0 radical (unpaired) electrons. The second kappa shape index (κ2) is 7.61. The van der Waals surface area contributed by atoms with E-state index < -0.39 is 0 Å². The van der Waals surface area contributed by atoms with Crippen LogP contribution in [-0.2, 0) is 0 Å². The van der Waals surface area contributed by atoms with E-state index in [9.17, 15) is 0 Å². The highest BCUT2D eigenvalue weighted by atomic mass is 15.2. The first kappa shape index (κ1) is 21.7. The van der Waals surface area contributed by atoms with E-state index in [0.717, 1.165) is 35.3 Å². The molecular weight excluding hydrogens is 402 g/mol. The number of nitrogens with zero attached hydrogens (tertiary/aromatic N) is 3. The van der Waals surface area contributed by atoms with Gasteiger partial charge in [-0.05, 0) is 124 Å². The normalized spacial score (nSPS) is 44.2. The van der Waals surface area contributed by atoms with E-state index in [1.807, 2.05) is 12.1 Å². The van der Waals surface area contributed by atoms with Crippen molar-refractivity contribution < 1.29 is 0 Å². The molecule has 0 amide bonds. The number of benzene rings is 1. The zero-order valence-corrected chi connectivity index (χ0v) is 21.1. The van der Waals surface area contributed by atoms with Crippen LogP contribution in [0.15, 0.2) is 35.9 Å². The number of nitriles is 1. The maximum absolute atomic E-state index is 9.13. The summed E-state index contributed by atoms with van der Waals surface area (Å²) >= 11 is 0. The van der Waals surface area contributed by atoms with Gasteiger partial charge < -0.3 is 9.80 Å². The fourth-order valence-corrected chi connectivity index (χ4v) is 9.76. The minimum Gasteiger partial charge on any atom is -0.371 e. The van der Waals surface area contributed by atoms with Gasteiger partial charge in [-0.15, -0.1) is 0 Å². The molecule has 33 heavy (non-hydrogen) atoms. The summed E-state index contributed by atoms with van der Waals surface area (Å²) in [7, 11) is 4.63. The molecule has 0 aromatic heterocycles. The summed E-state index contributed by atoms with van der Waals surface area (Å²) in [6.45, 7) is 6.50. The largest absolute Gasteiger partial charge is 0.371 e. The number of hydrogen-bond donors (Lipinski definition) is 0. The molecular formula is C30H41N3. The molecule has 3 heteroatoms. The first-order valence-electron chi connectivity index (χ1n) is 13.5. The van der Waals surface area contributed by atoms with Crippen molar-refractivity contribution in [1.82, 2.24) is 4.90 Å². The molecule has 3 saturated carbocycles. The maximum Gasteiger partial charge on any atom is 0.0991 e. The van der Waals surface area contributed by atoms with E-state index in [4.69, 9.17) is 5.26 Å². The van der Waals surface area contributed by atoms with E-state index in [0.29, 0.717) is 16.9 Å². The van der Waals surface area contributed by atoms with Crippen LogP contribution < -0.4 is 4.90 Å². The summed E-state index contributed by atoms with van der Waals surface area (Å²) in [5, 5.41) is 9.13. The molecule has 1 spiro atoms. The van der Waals surface area contributed by atoms with Crippen molar-refractivity contribution in [2.45, 2.75) is 77.3 Å². The van der Waals surface area contributed by atoms with Crippen LogP contribution in [0.25, 0.3) is 0 Å². The number of likely N-dealkylation sites (tertiary alicyclic amines) is 1. The van der Waals surface area contributed by atoms with Gasteiger partial charge in [-0.2, -0.15) is 5.26 Å². The van der Waals surface area contributed by atoms with Crippen LogP contribution in [0.3, 0.4) is 0 Å². The zero-order valence-electron chi connectivity index (χ0n) is 21.1. The Bertz CT molecular complexity index is 989. The Hall–Kier alpha value is -1.79. The lowest BCUT2D eigenvalue weighted by Gasteiger charge is -2.58. The van der Waals surface area contributed by atoms with Gasteiger partial charge in [0.1, 0.15) is 0 Å². The molecule has 1 aliphatic heterocycles. The Morgan fingerprint density at radius 1 is 1.03 bits per heavy atom. The molecule has 1 heterocycles. The van der Waals surface area contributed by atoms with Crippen LogP contribution in [0.1, 0.15) is 70.8 Å². The van der Waals surface area contributed by atoms with Crippen LogP contribution in [0, 0.1) is 45.8 Å². The van der Waals surface area contributed by atoms with Crippen molar-refractivity contribution in [2.24, 2.45) is 34.5 Å². The van der Waals surface area contributed by atoms with Gasteiger partial charge in [0.15, 0.2) is 0 Å². The number of anilines is 1. The van der Waals surface area contributed by atoms with Gasteiger partial charge in [0.25, 0.3) is 0 Å². The SMILES string of the molecule is C[C@H]1[C@H]2CCC3[C@@H]4CC=C5C[C@@H](N(C)c6ccc(C#N)cc6)CC[C@]5(C)[C@H]4CC[C@@]32CN1C. The van der Waals surface area contributed by atoms with E-state index in [1.165, 1.54) is 63.6 Å². The van der Waals surface area contributed by atoms with Crippen LogP contribution in [0.4, 0.5) is 5.69 Å². The van der Waals surface area contributed by atoms with Crippen molar-refractivity contribution >= 4 is 5.69 Å². The van der Waals surface area contributed by atoms with Gasteiger partial charge in [-0.3, -0.25) is 0 Å². The monoisotopic (exact) mass is 443 g/mol. The van der Waals surface area contributed by atoms with E-state index in [-0.39, 0.29) is 0 Å². The molecule has 0 bridgehead atoms. The molecule has 5 aliphatic rings. The Morgan fingerprint density at radius 3 is 2.55 bits per heavy atom. The van der Waals surface area contributed by atoms with Gasteiger partial charge in [0, 0.05) is 31.4 Å². The summed E-state index contributed by atoms with van der Waals surface area (Å²) in [6, 6.07) is 11.8. The lowest BCUT2D eigenvalue weighted by Crippen LogP contribution is -2.52. The third kappa shape index (κ3) is 3.02. The number of rotatable bonds is 2. The van der Waals surface area contributed by atoms with Crippen LogP contribution in [0.5, 0.6) is 0 Å². The first-order valence-corrected chi connectivity index (χ1v) is 13.5. The predicted molar refractivity (Wildman–Crippen MR) is 135 cm³/mol. The maximum atomic E-state index is 9.13. The molecule has 6 rings (SSSR count). The molecule has 8 atom stereocenters. The van der Waals surface area contributed by atoms with Crippen molar-refractivity contribution in [3.05, 3.63) is 41.5 Å². The molecule has 1 saturated heterocycles. The van der Waals surface area contributed by atoms with Crippen molar-refractivity contribution in [3.8, 4) is 6.07 Å². The van der Waals surface area contributed by atoms with Crippen LogP contribution in [-0.4, -0.2) is 37.6 Å². The molecule has 4 aliphatic carbocycles. The highest BCUT2D eigenvalue weighted by Gasteiger charge is 2.64. The second-order valence-electron chi connectivity index (χ2n) is 12.5. The highest BCUT2D eigenvalue weighted by molar-refractivity contribution is 5.50. The van der Waals surface area contributed by atoms with E-state index in [2.05, 4.69) is 62.0 Å². The van der Waals surface area contributed by atoms with Crippen molar-refractivity contribution in [3.63, 3.8) is 0 Å². The molecule has 4 fully saturated rings. The smallest absolute Gasteiger partial charge is 0.0991 e. The fraction of sp³-hybridized carbons (Fsp3) is 0.700. The van der Waals surface area contributed by atoms with Gasteiger partial charge in [-0.1, -0.05) is 18.6 Å².